The van der Waals surface area contributed by atoms with Crippen molar-refractivity contribution in [3.05, 3.63) is 53.2 Å². The van der Waals surface area contributed by atoms with E-state index in [4.69, 9.17) is 0 Å². The minimum Gasteiger partial charge on any atom is -0.363 e. The van der Waals surface area contributed by atoms with Crippen LogP contribution in [0.25, 0.3) is 0 Å². The van der Waals surface area contributed by atoms with Crippen LogP contribution in [0.15, 0.2) is 36.5 Å². The molecule has 130 valence electrons. The number of nitrogens with one attached hydrogen (secondary N) is 2. The van der Waals surface area contributed by atoms with E-state index in [9.17, 15) is 9.59 Å². The predicted molar refractivity (Wildman–Crippen MR) is 97.8 cm³/mol. The molecule has 3 rings (SSSR count). The molecule has 6 heteroatoms. The minimum atomic E-state index is -0.135. The molecule has 1 aliphatic rings. The van der Waals surface area contributed by atoms with Crippen molar-refractivity contribution in [3.8, 4) is 0 Å². The van der Waals surface area contributed by atoms with E-state index in [1.165, 1.54) is 0 Å². The maximum atomic E-state index is 12.5. The number of nitrogens with zero attached hydrogens (tertiary/aromatic N) is 2. The molecular weight excluding hydrogens is 316 g/mol. The quantitative estimate of drug-likeness (QED) is 0.898. The minimum absolute atomic E-state index is 0.0518. The number of rotatable bonds is 4. The average Bonchev–Trinajstić information content (AvgIpc) is 2.61. The molecule has 1 atom stereocenters. The summed E-state index contributed by atoms with van der Waals surface area (Å²) in [6.45, 7) is 1.95. The van der Waals surface area contributed by atoms with E-state index in [0.29, 0.717) is 12.0 Å². The van der Waals surface area contributed by atoms with Crippen molar-refractivity contribution in [2.45, 2.75) is 25.8 Å². The fourth-order valence-electron chi connectivity index (χ4n) is 2.84. The molecule has 2 N–H and O–H groups in total. The number of aromatic nitrogens is 1. The van der Waals surface area contributed by atoms with Crippen molar-refractivity contribution >= 4 is 23.3 Å². The normalized spacial score (nSPS) is 14.3. The maximum absolute atomic E-state index is 12.5. The summed E-state index contributed by atoms with van der Waals surface area (Å²) < 4.78 is 0. The van der Waals surface area contributed by atoms with Gasteiger partial charge >= 0.3 is 0 Å². The predicted octanol–water partition coefficient (Wildman–Crippen LogP) is 2.52. The standard InChI is InChI=1S/C19H22N4O2/c1-12(13-4-6-16-14(10-13)5-7-18(24)22-16)21-19(25)15-8-9-20-17(11-15)23(2)3/h4,6,8-12H,5,7H2,1-3H3,(H,21,25)(H,22,24). The smallest absolute Gasteiger partial charge is 0.251 e. The number of carbonyl (C=O) groups excluding carboxylic acids is 2. The summed E-state index contributed by atoms with van der Waals surface area (Å²) in [5, 5.41) is 5.89. The molecule has 1 aromatic heterocycles. The number of amides is 2. The van der Waals surface area contributed by atoms with Crippen LogP contribution in [0.5, 0.6) is 0 Å². The Morgan fingerprint density at radius 2 is 2.04 bits per heavy atom. The monoisotopic (exact) mass is 338 g/mol. The fraction of sp³-hybridized carbons (Fsp3) is 0.316. The van der Waals surface area contributed by atoms with Gasteiger partial charge in [0, 0.05) is 38.0 Å². The molecule has 6 nitrogen and oxygen atoms in total. The van der Waals surface area contributed by atoms with Gasteiger partial charge in [0.05, 0.1) is 6.04 Å². The van der Waals surface area contributed by atoms with Crippen molar-refractivity contribution in [2.24, 2.45) is 0 Å². The van der Waals surface area contributed by atoms with Gasteiger partial charge in [0.15, 0.2) is 0 Å². The number of benzene rings is 1. The van der Waals surface area contributed by atoms with Crippen LogP contribution in [0.4, 0.5) is 11.5 Å². The van der Waals surface area contributed by atoms with Crippen molar-refractivity contribution in [1.29, 1.82) is 0 Å². The van der Waals surface area contributed by atoms with Crippen LogP contribution < -0.4 is 15.5 Å². The molecule has 2 amide bonds. The molecule has 0 saturated heterocycles. The molecule has 0 fully saturated rings. The Labute approximate surface area is 147 Å². The number of hydrogen-bond donors (Lipinski definition) is 2. The first kappa shape index (κ1) is 17.0. The lowest BCUT2D eigenvalue weighted by Crippen LogP contribution is -2.27. The van der Waals surface area contributed by atoms with E-state index >= 15 is 0 Å². The molecule has 1 unspecified atom stereocenters. The Morgan fingerprint density at radius 1 is 1.24 bits per heavy atom. The van der Waals surface area contributed by atoms with E-state index < -0.39 is 0 Å². The Morgan fingerprint density at radius 3 is 2.80 bits per heavy atom. The van der Waals surface area contributed by atoms with Crippen molar-refractivity contribution in [3.63, 3.8) is 0 Å². The van der Waals surface area contributed by atoms with Gasteiger partial charge in [-0.2, -0.15) is 0 Å². The Kier molecular flexibility index (Phi) is 4.70. The van der Waals surface area contributed by atoms with Gasteiger partial charge in [-0.25, -0.2) is 4.98 Å². The number of anilines is 2. The van der Waals surface area contributed by atoms with Crippen LogP contribution in [0.1, 0.15) is 40.9 Å². The molecular formula is C19H22N4O2. The number of fused-ring (bicyclic) bond motifs is 1. The number of carbonyl (C=O) groups is 2. The molecule has 2 heterocycles. The third-order valence-electron chi connectivity index (χ3n) is 4.34. The van der Waals surface area contributed by atoms with Crippen LogP contribution in [-0.2, 0) is 11.2 Å². The SMILES string of the molecule is CC(NC(=O)c1ccnc(N(C)C)c1)c1ccc2c(c1)CCC(=O)N2. The third-order valence-corrected chi connectivity index (χ3v) is 4.34. The highest BCUT2D eigenvalue weighted by Crippen LogP contribution is 2.26. The summed E-state index contributed by atoms with van der Waals surface area (Å²) >= 11 is 0. The van der Waals surface area contributed by atoms with Crippen molar-refractivity contribution < 1.29 is 9.59 Å². The van der Waals surface area contributed by atoms with E-state index in [1.807, 2.05) is 38.1 Å². The van der Waals surface area contributed by atoms with Crippen LogP contribution in [0.2, 0.25) is 0 Å². The molecule has 1 aromatic carbocycles. The second-order valence-corrected chi connectivity index (χ2v) is 6.46. The number of pyridine rings is 1. The zero-order valence-corrected chi connectivity index (χ0v) is 14.7. The summed E-state index contributed by atoms with van der Waals surface area (Å²) in [7, 11) is 3.77. The molecule has 1 aliphatic heterocycles. The highest BCUT2D eigenvalue weighted by Gasteiger charge is 2.18. The van der Waals surface area contributed by atoms with E-state index in [2.05, 4.69) is 21.7 Å². The summed E-state index contributed by atoms with van der Waals surface area (Å²) in [6.07, 6.45) is 2.87. The van der Waals surface area contributed by atoms with Crippen LogP contribution >= 0.6 is 0 Å². The molecule has 0 radical (unpaired) electrons. The molecule has 25 heavy (non-hydrogen) atoms. The molecule has 0 aliphatic carbocycles. The summed E-state index contributed by atoms with van der Waals surface area (Å²) in [5.74, 6) is 0.657. The summed E-state index contributed by atoms with van der Waals surface area (Å²) in [5.41, 5.74) is 3.57. The second kappa shape index (κ2) is 6.93. The first-order valence-corrected chi connectivity index (χ1v) is 8.31. The number of hydrogen-bond acceptors (Lipinski definition) is 4. The fourth-order valence-corrected chi connectivity index (χ4v) is 2.84. The van der Waals surface area contributed by atoms with Gasteiger partial charge in [-0.3, -0.25) is 9.59 Å². The molecule has 2 aromatic rings. The molecule has 0 saturated carbocycles. The lowest BCUT2D eigenvalue weighted by molar-refractivity contribution is -0.116. The van der Waals surface area contributed by atoms with Crippen LogP contribution in [0, 0.1) is 0 Å². The topological polar surface area (TPSA) is 74.3 Å². The zero-order valence-electron chi connectivity index (χ0n) is 14.7. The second-order valence-electron chi connectivity index (χ2n) is 6.46. The van der Waals surface area contributed by atoms with Crippen molar-refractivity contribution in [2.75, 3.05) is 24.3 Å². The average molecular weight is 338 g/mol. The maximum Gasteiger partial charge on any atom is 0.251 e. The first-order chi connectivity index (χ1) is 11.9. The van der Waals surface area contributed by atoms with Gasteiger partial charge in [0.2, 0.25) is 5.91 Å². The van der Waals surface area contributed by atoms with E-state index in [1.54, 1.807) is 18.3 Å². The number of aryl methyl sites for hydroxylation is 1. The van der Waals surface area contributed by atoms with Crippen LogP contribution in [-0.4, -0.2) is 30.9 Å². The van der Waals surface area contributed by atoms with Crippen LogP contribution in [0.3, 0.4) is 0 Å². The molecule has 0 spiro atoms. The molecule has 0 bridgehead atoms. The highest BCUT2D eigenvalue weighted by molar-refractivity contribution is 5.95. The van der Waals surface area contributed by atoms with E-state index in [-0.39, 0.29) is 17.9 Å². The van der Waals surface area contributed by atoms with Gasteiger partial charge in [0.1, 0.15) is 5.82 Å². The zero-order chi connectivity index (χ0) is 18.0. The van der Waals surface area contributed by atoms with Gasteiger partial charge in [-0.05, 0) is 42.7 Å². The summed E-state index contributed by atoms with van der Waals surface area (Å²) in [6, 6.07) is 9.24. The Bertz CT molecular complexity index is 817. The first-order valence-electron chi connectivity index (χ1n) is 8.31. The van der Waals surface area contributed by atoms with Gasteiger partial charge in [0.25, 0.3) is 5.91 Å². The van der Waals surface area contributed by atoms with Gasteiger partial charge < -0.3 is 15.5 Å². The van der Waals surface area contributed by atoms with Crippen molar-refractivity contribution in [1.82, 2.24) is 10.3 Å². The highest BCUT2D eigenvalue weighted by atomic mass is 16.2. The van der Waals surface area contributed by atoms with E-state index in [0.717, 1.165) is 29.1 Å². The third kappa shape index (κ3) is 3.79. The van der Waals surface area contributed by atoms with Gasteiger partial charge in [-0.15, -0.1) is 0 Å². The Balaban J connectivity index is 1.74. The summed E-state index contributed by atoms with van der Waals surface area (Å²) in [4.78, 5) is 30.0. The lowest BCUT2D eigenvalue weighted by atomic mass is 9.97. The van der Waals surface area contributed by atoms with Gasteiger partial charge in [-0.1, -0.05) is 12.1 Å². The lowest BCUT2D eigenvalue weighted by Gasteiger charge is -2.20. The Hall–Kier alpha value is -2.89. The largest absolute Gasteiger partial charge is 0.363 e.